The summed E-state index contributed by atoms with van der Waals surface area (Å²) in [5.41, 5.74) is 12.7. The first-order valence-corrected chi connectivity index (χ1v) is 21.3. The molecule has 0 saturated carbocycles. The average molecular weight is 695 g/mol. The van der Waals surface area contributed by atoms with Crippen molar-refractivity contribution < 1.29 is 0 Å². The van der Waals surface area contributed by atoms with E-state index in [1.54, 1.807) is 0 Å². The molecule has 250 valence electrons. The van der Waals surface area contributed by atoms with E-state index >= 15 is 0 Å². The predicted molar refractivity (Wildman–Crippen MR) is 224 cm³/mol. The Morgan fingerprint density at radius 3 is 1.60 bits per heavy atom. The van der Waals surface area contributed by atoms with Gasteiger partial charge >= 0.3 is 0 Å². The lowest BCUT2D eigenvalue weighted by atomic mass is 10.0. The monoisotopic (exact) mass is 694 g/mol. The largest absolute Gasteiger partial charge is 0.309 e. The van der Waals surface area contributed by atoms with Crippen LogP contribution in [-0.2, 0) is 0 Å². The predicted octanol–water partition coefficient (Wildman–Crippen LogP) is 10.8. The number of hydrogen-bond acceptors (Lipinski definition) is 2. The molecule has 0 radical (unpaired) electrons. The van der Waals surface area contributed by atoms with E-state index in [0.29, 0.717) is 0 Å². The maximum atomic E-state index is 5.40. The molecule has 1 aliphatic heterocycles. The molecule has 4 heterocycles. The Morgan fingerprint density at radius 1 is 0.434 bits per heavy atom. The van der Waals surface area contributed by atoms with Crippen LogP contribution in [-0.4, -0.2) is 27.2 Å². The van der Waals surface area contributed by atoms with E-state index in [9.17, 15) is 0 Å². The number of aromatic nitrogens is 4. The van der Waals surface area contributed by atoms with Crippen LogP contribution >= 0.6 is 0 Å². The summed E-state index contributed by atoms with van der Waals surface area (Å²) in [6.45, 7) is 4.84. The Balaban J connectivity index is 1.10. The van der Waals surface area contributed by atoms with Crippen LogP contribution in [0.1, 0.15) is 0 Å². The smallest absolute Gasteiger partial charge is 0.159 e. The van der Waals surface area contributed by atoms with E-state index in [0.717, 1.165) is 34.0 Å². The number of benzene rings is 7. The summed E-state index contributed by atoms with van der Waals surface area (Å²) in [7, 11) is -2.04. The van der Waals surface area contributed by atoms with E-state index in [2.05, 4.69) is 192 Å². The second kappa shape index (κ2) is 11.2. The van der Waals surface area contributed by atoms with Crippen LogP contribution in [0.4, 0.5) is 0 Å². The third kappa shape index (κ3) is 4.35. The molecular formula is C48H34N4Si. The molecule has 0 atom stereocenters. The normalized spacial score (nSPS) is 13.2. The first kappa shape index (κ1) is 30.1. The molecular weight excluding hydrogens is 661 g/mol. The minimum Gasteiger partial charge on any atom is -0.309 e. The lowest BCUT2D eigenvalue weighted by Crippen LogP contribution is -2.50. The molecule has 0 amide bonds. The van der Waals surface area contributed by atoms with Crippen LogP contribution in [0.15, 0.2) is 170 Å². The summed E-state index contributed by atoms with van der Waals surface area (Å²) >= 11 is 0. The molecule has 11 rings (SSSR count). The first-order chi connectivity index (χ1) is 26.1. The summed E-state index contributed by atoms with van der Waals surface area (Å²) in [4.78, 5) is 10.7. The summed E-state index contributed by atoms with van der Waals surface area (Å²) in [6.07, 6.45) is 0. The molecule has 53 heavy (non-hydrogen) atoms. The maximum absolute atomic E-state index is 5.40. The molecule has 0 aliphatic carbocycles. The minimum atomic E-state index is -2.04. The van der Waals surface area contributed by atoms with Crippen molar-refractivity contribution in [3.8, 4) is 45.1 Å². The van der Waals surface area contributed by atoms with E-state index in [1.807, 2.05) is 0 Å². The van der Waals surface area contributed by atoms with Crippen LogP contribution in [0.25, 0.3) is 88.8 Å². The van der Waals surface area contributed by atoms with Crippen molar-refractivity contribution in [2.75, 3.05) is 0 Å². The number of rotatable bonds is 4. The topological polar surface area (TPSA) is 35.6 Å². The molecule has 7 aromatic carbocycles. The van der Waals surface area contributed by atoms with E-state index < -0.39 is 8.07 Å². The Kier molecular flexibility index (Phi) is 6.37. The van der Waals surface area contributed by atoms with Crippen LogP contribution in [0.2, 0.25) is 13.1 Å². The highest BCUT2D eigenvalue weighted by Crippen LogP contribution is 2.40. The molecule has 0 fully saturated rings. The highest BCUT2D eigenvalue weighted by Gasteiger charge is 2.41. The lowest BCUT2D eigenvalue weighted by molar-refractivity contribution is 1.17. The minimum absolute atomic E-state index is 0.778. The van der Waals surface area contributed by atoms with Crippen molar-refractivity contribution in [2.45, 2.75) is 13.1 Å². The van der Waals surface area contributed by atoms with Gasteiger partial charge in [-0.2, -0.15) is 0 Å². The van der Waals surface area contributed by atoms with Crippen LogP contribution in [0.5, 0.6) is 0 Å². The van der Waals surface area contributed by atoms with Gasteiger partial charge in [0.25, 0.3) is 0 Å². The number of fused-ring (bicyclic) bond motifs is 9. The molecule has 0 bridgehead atoms. The van der Waals surface area contributed by atoms with Gasteiger partial charge in [-0.1, -0.05) is 122 Å². The lowest BCUT2D eigenvalue weighted by Gasteiger charge is -2.19. The Morgan fingerprint density at radius 2 is 0.962 bits per heavy atom. The quantitative estimate of drug-likeness (QED) is 0.172. The van der Waals surface area contributed by atoms with Gasteiger partial charge in [-0.05, 0) is 71.4 Å². The second-order valence-corrected chi connectivity index (χ2v) is 18.9. The van der Waals surface area contributed by atoms with Crippen LogP contribution in [0.3, 0.4) is 0 Å². The van der Waals surface area contributed by atoms with Gasteiger partial charge in [0.15, 0.2) is 5.82 Å². The second-order valence-electron chi connectivity index (χ2n) is 14.6. The zero-order chi connectivity index (χ0) is 35.3. The van der Waals surface area contributed by atoms with Gasteiger partial charge in [0.05, 0.1) is 27.8 Å². The summed E-state index contributed by atoms with van der Waals surface area (Å²) in [5, 5.41) is 7.61. The highest BCUT2D eigenvalue weighted by molar-refractivity contribution is 7.03. The zero-order valence-corrected chi connectivity index (χ0v) is 30.5. The molecule has 0 unspecified atom stereocenters. The van der Waals surface area contributed by atoms with Crippen molar-refractivity contribution in [1.82, 2.24) is 19.1 Å². The Labute approximate surface area is 308 Å². The van der Waals surface area contributed by atoms with Crippen molar-refractivity contribution >= 4 is 62.2 Å². The van der Waals surface area contributed by atoms with Gasteiger partial charge in [-0.15, -0.1) is 0 Å². The van der Waals surface area contributed by atoms with Crippen molar-refractivity contribution in [2.24, 2.45) is 0 Å². The van der Waals surface area contributed by atoms with Gasteiger partial charge in [0, 0.05) is 54.9 Å². The number of hydrogen-bond donors (Lipinski definition) is 0. The SMILES string of the molecule is C[Si]1(C)c2ccccc2-c2c(-c3ccccc3)nc(-c3ccc(-n4c5ccccc5c5cc6c(cc54)c4ccccc4n6-c4ccccc4)cc3)nc21. The maximum Gasteiger partial charge on any atom is 0.159 e. The third-order valence-electron chi connectivity index (χ3n) is 11.3. The van der Waals surface area contributed by atoms with Gasteiger partial charge in [0.1, 0.15) is 8.07 Å². The Hall–Kier alpha value is -6.56. The van der Waals surface area contributed by atoms with Gasteiger partial charge in [0.2, 0.25) is 0 Å². The fraction of sp³-hybridized carbons (Fsp3) is 0.0417. The summed E-state index contributed by atoms with van der Waals surface area (Å²) in [5.74, 6) is 0.778. The van der Waals surface area contributed by atoms with Gasteiger partial charge in [-0.3, -0.25) is 0 Å². The third-order valence-corrected chi connectivity index (χ3v) is 14.6. The summed E-state index contributed by atoms with van der Waals surface area (Å²) < 4.78 is 4.81. The fourth-order valence-corrected chi connectivity index (χ4v) is 11.7. The van der Waals surface area contributed by atoms with Crippen LogP contribution < -0.4 is 10.5 Å². The fourth-order valence-electron chi connectivity index (χ4n) is 8.80. The molecule has 1 aliphatic rings. The van der Waals surface area contributed by atoms with Gasteiger partial charge in [-0.25, -0.2) is 9.97 Å². The standard InChI is InChI=1S/C48H34N4Si/c1-53(2)44-24-14-11-21-37(44)45-46(31-15-5-3-6-16-31)49-47(50-48(45)53)32-25-27-34(28-26-32)52-41-23-13-10-20-36(41)39-29-42-38(30-43(39)52)35-19-9-12-22-40(35)51(42)33-17-7-4-8-18-33/h3-30H,1-2H3. The molecule has 0 saturated heterocycles. The van der Waals surface area contributed by atoms with E-state index in [4.69, 9.17) is 9.97 Å². The van der Waals surface area contributed by atoms with Crippen molar-refractivity contribution in [3.63, 3.8) is 0 Å². The summed E-state index contributed by atoms with van der Waals surface area (Å²) in [6, 6.07) is 61.3. The highest BCUT2D eigenvalue weighted by atomic mass is 28.3. The van der Waals surface area contributed by atoms with Crippen LogP contribution in [0, 0.1) is 0 Å². The molecule has 0 spiro atoms. The van der Waals surface area contributed by atoms with E-state index in [-0.39, 0.29) is 0 Å². The van der Waals surface area contributed by atoms with Crippen molar-refractivity contribution in [1.29, 1.82) is 0 Å². The molecule has 4 nitrogen and oxygen atoms in total. The number of para-hydroxylation sites is 3. The molecule has 3 aromatic heterocycles. The number of nitrogens with zero attached hydrogens (tertiary/aromatic N) is 4. The molecule has 5 heteroatoms. The van der Waals surface area contributed by atoms with Crippen molar-refractivity contribution in [3.05, 3.63) is 170 Å². The average Bonchev–Trinajstić information content (AvgIpc) is 3.80. The first-order valence-electron chi connectivity index (χ1n) is 18.3. The van der Waals surface area contributed by atoms with Gasteiger partial charge < -0.3 is 9.13 Å². The van der Waals surface area contributed by atoms with E-state index in [1.165, 1.54) is 65.2 Å². The zero-order valence-electron chi connectivity index (χ0n) is 29.5. The molecule has 0 N–H and O–H groups in total. The molecule has 10 aromatic rings. The Bertz CT molecular complexity index is 3070.